The molecule has 0 heterocycles. The van der Waals surface area contributed by atoms with Gasteiger partial charge < -0.3 is 5.11 Å². The molecule has 2 rings (SSSR count). The number of aliphatic carboxylic acids is 1. The van der Waals surface area contributed by atoms with E-state index in [1.165, 1.54) is 0 Å². The summed E-state index contributed by atoms with van der Waals surface area (Å²) in [6.45, 7) is 5.48. The zero-order valence-corrected chi connectivity index (χ0v) is 13.3. The van der Waals surface area contributed by atoms with Gasteiger partial charge in [-0.1, -0.05) is 63.2 Å². The molecule has 0 radical (unpaired) electrons. The van der Waals surface area contributed by atoms with Gasteiger partial charge in [0.15, 0.2) is 0 Å². The summed E-state index contributed by atoms with van der Waals surface area (Å²) in [5, 5.41) is 11.6. The van der Waals surface area contributed by atoms with Gasteiger partial charge in [-0.05, 0) is 22.8 Å². The molecule has 3 nitrogen and oxygen atoms in total. The van der Waals surface area contributed by atoms with Gasteiger partial charge in [-0.25, -0.2) is 0 Å². The number of carboxylic acid groups (broad SMARTS) is 1. The fourth-order valence-electron chi connectivity index (χ4n) is 2.51. The third kappa shape index (κ3) is 3.73. The fourth-order valence-corrected chi connectivity index (χ4v) is 2.51. The lowest BCUT2D eigenvalue weighted by molar-refractivity contribution is -0.144. The minimum atomic E-state index is -0.912. The van der Waals surface area contributed by atoms with E-state index in [1.807, 2.05) is 63.2 Å². The average molecular weight is 298 g/mol. The first-order valence-electron chi connectivity index (χ1n) is 7.52. The summed E-state index contributed by atoms with van der Waals surface area (Å²) in [4.78, 5) is 23.7. The van der Waals surface area contributed by atoms with Gasteiger partial charge in [-0.15, -0.1) is 0 Å². The molecule has 0 aliphatic heterocycles. The van der Waals surface area contributed by atoms with Gasteiger partial charge in [-0.2, -0.15) is 0 Å². The van der Waals surface area contributed by atoms with Crippen molar-refractivity contribution in [3.63, 3.8) is 0 Å². The molecule has 0 aromatic heterocycles. The van der Waals surface area contributed by atoms with E-state index >= 15 is 0 Å². The number of fused-ring (bicyclic) bond motifs is 1. The van der Waals surface area contributed by atoms with Crippen molar-refractivity contribution < 1.29 is 14.7 Å². The standard InChI is InChI=1S/C19H22O3/c1-19(2,3)17(20)12-15(18(21)22)11-14-9-6-8-13-7-4-5-10-16(13)14/h4-10,15H,11-12H2,1-3H3,(H,21,22)/t15-/m1/s1. The van der Waals surface area contributed by atoms with E-state index in [-0.39, 0.29) is 12.2 Å². The van der Waals surface area contributed by atoms with Crippen molar-refractivity contribution >= 4 is 22.5 Å². The molecular weight excluding hydrogens is 276 g/mol. The first-order valence-corrected chi connectivity index (χ1v) is 7.52. The second kappa shape index (κ2) is 6.30. The monoisotopic (exact) mass is 298 g/mol. The van der Waals surface area contributed by atoms with Crippen molar-refractivity contribution in [1.29, 1.82) is 0 Å². The topological polar surface area (TPSA) is 54.4 Å². The van der Waals surface area contributed by atoms with Crippen molar-refractivity contribution in [2.24, 2.45) is 11.3 Å². The third-order valence-electron chi connectivity index (χ3n) is 3.96. The van der Waals surface area contributed by atoms with Crippen molar-refractivity contribution in [2.75, 3.05) is 0 Å². The maximum absolute atomic E-state index is 12.2. The fraction of sp³-hybridized carbons (Fsp3) is 0.368. The first-order chi connectivity index (χ1) is 10.3. The van der Waals surface area contributed by atoms with Crippen LogP contribution >= 0.6 is 0 Å². The molecule has 0 aliphatic rings. The number of carboxylic acids is 1. The van der Waals surface area contributed by atoms with E-state index in [2.05, 4.69) is 0 Å². The minimum Gasteiger partial charge on any atom is -0.481 e. The normalized spacial score (nSPS) is 13.0. The number of hydrogen-bond acceptors (Lipinski definition) is 2. The Kier molecular flexibility index (Phi) is 4.65. The molecule has 0 aliphatic carbocycles. The Morgan fingerprint density at radius 2 is 1.68 bits per heavy atom. The van der Waals surface area contributed by atoms with E-state index in [0.717, 1.165) is 16.3 Å². The van der Waals surface area contributed by atoms with Crippen molar-refractivity contribution in [3.05, 3.63) is 48.0 Å². The third-order valence-corrected chi connectivity index (χ3v) is 3.96. The van der Waals surface area contributed by atoms with Gasteiger partial charge in [0.05, 0.1) is 5.92 Å². The second-order valence-corrected chi connectivity index (χ2v) is 6.75. The highest BCUT2D eigenvalue weighted by atomic mass is 16.4. The molecule has 2 aromatic rings. The highest BCUT2D eigenvalue weighted by molar-refractivity contribution is 5.89. The molecule has 1 N–H and O–H groups in total. The van der Waals surface area contributed by atoms with E-state index in [9.17, 15) is 14.7 Å². The quantitative estimate of drug-likeness (QED) is 0.904. The summed E-state index contributed by atoms with van der Waals surface area (Å²) < 4.78 is 0. The predicted molar refractivity (Wildman–Crippen MR) is 87.9 cm³/mol. The van der Waals surface area contributed by atoms with Crippen LogP contribution in [0.5, 0.6) is 0 Å². The molecule has 0 fully saturated rings. The predicted octanol–water partition coefficient (Wildman–Crippen LogP) is 4.09. The maximum atomic E-state index is 12.2. The lowest BCUT2D eigenvalue weighted by atomic mass is 9.83. The first kappa shape index (κ1) is 16.2. The Morgan fingerprint density at radius 1 is 1.05 bits per heavy atom. The van der Waals surface area contributed by atoms with Crippen molar-refractivity contribution in [3.8, 4) is 0 Å². The van der Waals surface area contributed by atoms with E-state index in [0.29, 0.717) is 6.42 Å². The number of hydrogen-bond donors (Lipinski definition) is 1. The molecule has 2 aromatic carbocycles. The van der Waals surface area contributed by atoms with Crippen LogP contribution in [-0.4, -0.2) is 16.9 Å². The van der Waals surface area contributed by atoms with Crippen LogP contribution < -0.4 is 0 Å². The smallest absolute Gasteiger partial charge is 0.307 e. The van der Waals surface area contributed by atoms with Crippen LogP contribution in [0, 0.1) is 11.3 Å². The van der Waals surface area contributed by atoms with Crippen molar-refractivity contribution in [1.82, 2.24) is 0 Å². The zero-order chi connectivity index (χ0) is 16.3. The summed E-state index contributed by atoms with van der Waals surface area (Å²) in [5.41, 5.74) is 0.471. The minimum absolute atomic E-state index is 0.0138. The summed E-state index contributed by atoms with van der Waals surface area (Å²) in [5.74, 6) is -1.61. The average Bonchev–Trinajstić information content (AvgIpc) is 2.45. The van der Waals surface area contributed by atoms with Gasteiger partial charge in [0.2, 0.25) is 0 Å². The van der Waals surface area contributed by atoms with Gasteiger partial charge in [0, 0.05) is 11.8 Å². The molecule has 0 unspecified atom stereocenters. The highest BCUT2D eigenvalue weighted by Gasteiger charge is 2.28. The molecular formula is C19H22O3. The molecule has 0 spiro atoms. The Morgan fingerprint density at radius 3 is 2.32 bits per heavy atom. The number of Topliss-reactive ketones (excluding diaryl/α,β-unsaturated/α-hetero) is 1. The molecule has 0 saturated carbocycles. The molecule has 0 amide bonds. The summed E-state index contributed by atoms with van der Waals surface area (Å²) in [6.07, 6.45) is 0.445. The number of ketones is 1. The summed E-state index contributed by atoms with van der Waals surface area (Å²) in [6, 6.07) is 13.8. The van der Waals surface area contributed by atoms with E-state index in [4.69, 9.17) is 0 Å². The summed E-state index contributed by atoms with van der Waals surface area (Å²) >= 11 is 0. The largest absolute Gasteiger partial charge is 0.481 e. The number of carbonyl (C=O) groups is 2. The van der Waals surface area contributed by atoms with Crippen LogP contribution in [0.3, 0.4) is 0 Å². The van der Waals surface area contributed by atoms with E-state index in [1.54, 1.807) is 0 Å². The molecule has 0 bridgehead atoms. The van der Waals surface area contributed by atoms with Gasteiger partial charge in [-0.3, -0.25) is 9.59 Å². The number of rotatable bonds is 5. The van der Waals surface area contributed by atoms with Crippen LogP contribution in [0.25, 0.3) is 10.8 Å². The van der Waals surface area contributed by atoms with Crippen LogP contribution in [-0.2, 0) is 16.0 Å². The lowest BCUT2D eigenvalue weighted by Gasteiger charge is -2.20. The van der Waals surface area contributed by atoms with Crippen LogP contribution in [0.1, 0.15) is 32.8 Å². The maximum Gasteiger partial charge on any atom is 0.307 e. The van der Waals surface area contributed by atoms with Crippen LogP contribution in [0.2, 0.25) is 0 Å². The lowest BCUT2D eigenvalue weighted by Crippen LogP contribution is -2.27. The SMILES string of the molecule is CC(C)(C)C(=O)C[C@@H](Cc1cccc2ccccc12)C(=O)O. The van der Waals surface area contributed by atoms with Gasteiger partial charge >= 0.3 is 5.97 Å². The Balaban J connectivity index is 2.27. The van der Waals surface area contributed by atoms with Crippen LogP contribution in [0.4, 0.5) is 0 Å². The molecule has 1 atom stereocenters. The molecule has 116 valence electrons. The Hall–Kier alpha value is -2.16. The molecule has 3 heteroatoms. The Bertz CT molecular complexity index is 690. The van der Waals surface area contributed by atoms with Crippen molar-refractivity contribution in [2.45, 2.75) is 33.6 Å². The number of benzene rings is 2. The van der Waals surface area contributed by atoms with Crippen LogP contribution in [0.15, 0.2) is 42.5 Å². The molecule has 22 heavy (non-hydrogen) atoms. The van der Waals surface area contributed by atoms with Gasteiger partial charge in [0.25, 0.3) is 0 Å². The number of carbonyl (C=O) groups excluding carboxylic acids is 1. The Labute approximate surface area is 131 Å². The second-order valence-electron chi connectivity index (χ2n) is 6.75. The van der Waals surface area contributed by atoms with E-state index < -0.39 is 17.3 Å². The highest BCUT2D eigenvalue weighted by Crippen LogP contribution is 2.25. The summed E-state index contributed by atoms with van der Waals surface area (Å²) in [7, 11) is 0. The molecule has 0 saturated heterocycles. The zero-order valence-electron chi connectivity index (χ0n) is 13.3. The van der Waals surface area contributed by atoms with Gasteiger partial charge in [0.1, 0.15) is 5.78 Å².